The molecule has 1 aromatic heterocycles. The molecule has 0 fully saturated rings. The lowest BCUT2D eigenvalue weighted by Gasteiger charge is -2.19. The van der Waals surface area contributed by atoms with Crippen LogP contribution >= 0.6 is 23.1 Å². The number of aryl methyl sites for hydroxylation is 1. The van der Waals surface area contributed by atoms with Gasteiger partial charge in [-0.05, 0) is 29.7 Å². The Morgan fingerprint density at radius 2 is 2.12 bits per heavy atom. The van der Waals surface area contributed by atoms with E-state index in [0.29, 0.717) is 5.92 Å². The molecule has 1 unspecified atom stereocenters. The van der Waals surface area contributed by atoms with Gasteiger partial charge in [0, 0.05) is 21.5 Å². The third-order valence-corrected chi connectivity index (χ3v) is 5.88. The lowest BCUT2D eigenvalue weighted by molar-refractivity contribution is 0.410. The van der Waals surface area contributed by atoms with Crippen molar-refractivity contribution in [2.45, 2.75) is 44.9 Å². The van der Waals surface area contributed by atoms with Crippen molar-refractivity contribution in [3.63, 3.8) is 0 Å². The van der Waals surface area contributed by atoms with Crippen LogP contribution in [-0.4, -0.2) is 5.75 Å². The Hall–Kier alpha value is 0.01000. The predicted molar refractivity (Wildman–Crippen MR) is 75.2 cm³/mol. The molecule has 0 spiro atoms. The fourth-order valence-corrected chi connectivity index (χ4v) is 4.83. The van der Waals surface area contributed by atoms with Gasteiger partial charge in [-0.15, -0.1) is 11.3 Å². The van der Waals surface area contributed by atoms with Crippen molar-refractivity contribution in [1.82, 2.24) is 0 Å². The Kier molecular flexibility index (Phi) is 4.34. The largest absolute Gasteiger partial charge is 0.323 e. The summed E-state index contributed by atoms with van der Waals surface area (Å²) in [6, 6.07) is 2.63. The van der Waals surface area contributed by atoms with E-state index in [1.54, 1.807) is 10.4 Å². The van der Waals surface area contributed by atoms with Gasteiger partial charge >= 0.3 is 0 Å². The second-order valence-electron chi connectivity index (χ2n) is 4.50. The average Bonchev–Trinajstić information content (AvgIpc) is 2.74. The second-order valence-corrected chi connectivity index (χ2v) is 6.78. The van der Waals surface area contributed by atoms with Crippen molar-refractivity contribution in [2.75, 3.05) is 5.75 Å². The summed E-state index contributed by atoms with van der Waals surface area (Å²) in [6.07, 6.45) is 3.63. The van der Waals surface area contributed by atoms with Crippen LogP contribution in [0.15, 0.2) is 6.07 Å². The first-order chi connectivity index (χ1) is 7.76. The zero-order chi connectivity index (χ0) is 11.5. The summed E-state index contributed by atoms with van der Waals surface area (Å²) in [7, 11) is 0. The number of rotatable bonds is 4. The van der Waals surface area contributed by atoms with Crippen LogP contribution in [-0.2, 0) is 12.2 Å². The van der Waals surface area contributed by atoms with Gasteiger partial charge in [0.25, 0.3) is 0 Å². The fourth-order valence-electron chi connectivity index (χ4n) is 2.36. The van der Waals surface area contributed by atoms with Gasteiger partial charge in [-0.25, -0.2) is 0 Å². The van der Waals surface area contributed by atoms with Crippen LogP contribution < -0.4 is 5.73 Å². The molecule has 1 atom stereocenters. The summed E-state index contributed by atoms with van der Waals surface area (Å²) in [5.74, 6) is 3.13. The van der Waals surface area contributed by atoms with E-state index < -0.39 is 0 Å². The number of thioether (sulfide) groups is 1. The van der Waals surface area contributed by atoms with Gasteiger partial charge in [0.15, 0.2) is 0 Å². The normalized spacial score (nSPS) is 17.5. The first-order valence-electron chi connectivity index (χ1n) is 6.21. The molecule has 2 N–H and O–H groups in total. The first kappa shape index (κ1) is 12.5. The van der Waals surface area contributed by atoms with Gasteiger partial charge in [0.1, 0.15) is 0 Å². The highest BCUT2D eigenvalue weighted by molar-refractivity contribution is 7.98. The zero-order valence-electron chi connectivity index (χ0n) is 10.2. The summed E-state index contributed by atoms with van der Waals surface area (Å²) in [6.45, 7) is 4.49. The van der Waals surface area contributed by atoms with Gasteiger partial charge < -0.3 is 5.73 Å². The Morgan fingerprint density at radius 3 is 2.75 bits per heavy atom. The molecule has 1 nitrogen and oxygen atoms in total. The molecule has 1 aromatic rings. The molecule has 2 rings (SSSR count). The minimum Gasteiger partial charge on any atom is -0.323 e. The van der Waals surface area contributed by atoms with Crippen molar-refractivity contribution in [1.29, 1.82) is 0 Å². The molecular formula is C13H21NS2. The molecule has 0 amide bonds. The van der Waals surface area contributed by atoms with Gasteiger partial charge in [0.05, 0.1) is 0 Å². The average molecular weight is 255 g/mol. The maximum atomic E-state index is 6.38. The molecule has 0 aromatic carbocycles. The zero-order valence-corrected chi connectivity index (χ0v) is 11.8. The third kappa shape index (κ3) is 2.47. The first-order valence-corrected chi connectivity index (χ1v) is 8.18. The Balaban J connectivity index is 2.17. The summed E-state index contributed by atoms with van der Waals surface area (Å²) < 4.78 is 0. The van der Waals surface area contributed by atoms with Gasteiger partial charge in [-0.2, -0.15) is 11.8 Å². The van der Waals surface area contributed by atoms with E-state index in [-0.39, 0.29) is 6.04 Å². The van der Waals surface area contributed by atoms with Crippen molar-refractivity contribution < 1.29 is 0 Å². The maximum Gasteiger partial charge on any atom is 0.0418 e. The molecule has 0 aliphatic carbocycles. The topological polar surface area (TPSA) is 26.0 Å². The van der Waals surface area contributed by atoms with Gasteiger partial charge in [-0.3, -0.25) is 0 Å². The van der Waals surface area contributed by atoms with E-state index in [9.17, 15) is 0 Å². The van der Waals surface area contributed by atoms with E-state index in [0.717, 1.165) is 0 Å². The lowest BCUT2D eigenvalue weighted by Crippen LogP contribution is -2.19. The smallest absolute Gasteiger partial charge is 0.0418 e. The highest BCUT2D eigenvalue weighted by Gasteiger charge is 2.21. The minimum absolute atomic E-state index is 0.260. The summed E-state index contributed by atoms with van der Waals surface area (Å²) in [5, 5.41) is 0. The standard InChI is InChI=1S/C13H21NS2/c1-3-9(4-2)13(14)12-7-10-8-15-6-5-11(10)16-12/h7,9,13H,3-6,8,14H2,1-2H3. The highest BCUT2D eigenvalue weighted by Crippen LogP contribution is 2.36. The van der Waals surface area contributed by atoms with Crippen LogP contribution in [0.2, 0.25) is 0 Å². The Morgan fingerprint density at radius 1 is 1.38 bits per heavy atom. The number of thiophene rings is 1. The summed E-state index contributed by atoms with van der Waals surface area (Å²) in [5.41, 5.74) is 7.93. The fraction of sp³-hybridized carbons (Fsp3) is 0.692. The second kappa shape index (κ2) is 5.56. The molecule has 2 heterocycles. The molecule has 0 radical (unpaired) electrons. The van der Waals surface area contributed by atoms with E-state index in [1.165, 1.54) is 35.6 Å². The maximum absolute atomic E-state index is 6.38. The molecule has 90 valence electrons. The summed E-state index contributed by atoms with van der Waals surface area (Å²) >= 11 is 4.01. The van der Waals surface area contributed by atoms with Crippen molar-refractivity contribution in [2.24, 2.45) is 11.7 Å². The molecule has 1 aliphatic heterocycles. The third-order valence-electron chi connectivity index (χ3n) is 3.53. The molecular weight excluding hydrogens is 234 g/mol. The number of hydrogen-bond acceptors (Lipinski definition) is 3. The Bertz CT molecular complexity index is 318. The van der Waals surface area contributed by atoms with E-state index in [2.05, 4.69) is 19.9 Å². The molecule has 1 aliphatic rings. The minimum atomic E-state index is 0.260. The van der Waals surface area contributed by atoms with Crippen LogP contribution in [0.4, 0.5) is 0 Å². The monoisotopic (exact) mass is 255 g/mol. The Labute approximate surface area is 107 Å². The number of nitrogens with two attached hydrogens (primary N) is 1. The van der Waals surface area contributed by atoms with Crippen molar-refractivity contribution >= 4 is 23.1 Å². The van der Waals surface area contributed by atoms with E-state index in [1.807, 2.05) is 23.1 Å². The van der Waals surface area contributed by atoms with Gasteiger partial charge in [-0.1, -0.05) is 26.7 Å². The summed E-state index contributed by atoms with van der Waals surface area (Å²) in [4.78, 5) is 3.01. The van der Waals surface area contributed by atoms with Crippen LogP contribution in [0.1, 0.15) is 48.0 Å². The SMILES string of the molecule is CCC(CC)C(N)c1cc2c(s1)CCSC2. The number of hydrogen-bond donors (Lipinski definition) is 1. The van der Waals surface area contributed by atoms with Crippen molar-refractivity contribution in [3.8, 4) is 0 Å². The predicted octanol–water partition coefficient (Wildman–Crippen LogP) is 3.97. The number of fused-ring (bicyclic) bond motifs is 1. The highest BCUT2D eigenvalue weighted by atomic mass is 32.2. The molecule has 3 heteroatoms. The quantitative estimate of drug-likeness (QED) is 0.881. The lowest BCUT2D eigenvalue weighted by atomic mass is 9.93. The molecule has 16 heavy (non-hydrogen) atoms. The molecule has 0 saturated heterocycles. The van der Waals surface area contributed by atoms with Crippen LogP contribution in [0.5, 0.6) is 0 Å². The van der Waals surface area contributed by atoms with Crippen LogP contribution in [0, 0.1) is 5.92 Å². The molecule has 0 bridgehead atoms. The molecule has 0 saturated carbocycles. The van der Waals surface area contributed by atoms with Crippen LogP contribution in [0.25, 0.3) is 0 Å². The van der Waals surface area contributed by atoms with E-state index >= 15 is 0 Å². The van der Waals surface area contributed by atoms with Crippen LogP contribution in [0.3, 0.4) is 0 Å². The van der Waals surface area contributed by atoms with E-state index in [4.69, 9.17) is 5.73 Å². The van der Waals surface area contributed by atoms with Gasteiger partial charge in [0.2, 0.25) is 0 Å². The van der Waals surface area contributed by atoms with Crippen molar-refractivity contribution in [3.05, 3.63) is 21.4 Å².